The smallest absolute Gasteiger partial charge is 0.380 e. The van der Waals surface area contributed by atoms with Crippen LogP contribution in [-0.4, -0.2) is 47.3 Å². The van der Waals surface area contributed by atoms with Gasteiger partial charge in [0.25, 0.3) is 11.7 Å². The highest BCUT2D eigenvalue weighted by atomic mass is 16.5. The van der Waals surface area contributed by atoms with E-state index in [1.807, 2.05) is 44.2 Å². The summed E-state index contributed by atoms with van der Waals surface area (Å²) in [6, 6.07) is 14.3. The number of benzene rings is 2. The van der Waals surface area contributed by atoms with Crippen LogP contribution in [0.2, 0.25) is 0 Å². The predicted molar refractivity (Wildman–Crippen MR) is 126 cm³/mol. The number of aryl methyl sites for hydroxylation is 1. The number of anilines is 1. The summed E-state index contributed by atoms with van der Waals surface area (Å²) >= 11 is 0. The number of rotatable bonds is 10. The maximum Gasteiger partial charge on any atom is 0.380 e. The summed E-state index contributed by atoms with van der Waals surface area (Å²) in [6.07, 6.45) is 0. The third-order valence-corrected chi connectivity index (χ3v) is 4.87. The van der Waals surface area contributed by atoms with Crippen molar-refractivity contribution in [2.45, 2.75) is 27.7 Å². The van der Waals surface area contributed by atoms with Crippen LogP contribution in [-0.2, 0) is 14.3 Å². The predicted octanol–water partition coefficient (Wildman–Crippen LogP) is 3.65. The Morgan fingerprint density at radius 2 is 1.68 bits per heavy atom. The quantitative estimate of drug-likeness (QED) is 0.277. The molecule has 0 spiro atoms. The number of nitrogens with one attached hydrogen (secondary N) is 1. The first kappa shape index (κ1) is 24.5. The molecule has 0 bridgehead atoms. The number of carbonyl (C=O) groups is 3. The fourth-order valence-corrected chi connectivity index (χ4v) is 3.42. The van der Waals surface area contributed by atoms with Gasteiger partial charge in [-0.25, -0.2) is 9.48 Å². The number of amides is 1. The van der Waals surface area contributed by atoms with Gasteiger partial charge in [0.2, 0.25) is 0 Å². The zero-order valence-corrected chi connectivity index (χ0v) is 19.6. The summed E-state index contributed by atoms with van der Waals surface area (Å²) in [5.74, 6) is -1.62. The standard InChI is InChI=1S/C25H27N3O6/c1-5-32-19-12-13-21(33-6-2)20(14-19)26-22(29)15-34-25(31)24(30)23-16(3)27-28(17(23)4)18-10-8-7-9-11-18/h7-14H,5-6,15H2,1-4H3,(H,26,29). The molecule has 1 heterocycles. The van der Waals surface area contributed by atoms with Crippen LogP contribution >= 0.6 is 0 Å². The largest absolute Gasteiger partial charge is 0.494 e. The first-order valence-corrected chi connectivity index (χ1v) is 10.9. The van der Waals surface area contributed by atoms with Gasteiger partial charge in [0.05, 0.1) is 41.5 Å². The van der Waals surface area contributed by atoms with Gasteiger partial charge in [-0.1, -0.05) is 18.2 Å². The van der Waals surface area contributed by atoms with Gasteiger partial charge in [-0.3, -0.25) is 9.59 Å². The molecule has 0 aliphatic heterocycles. The molecular formula is C25H27N3O6. The molecule has 3 aromatic rings. The van der Waals surface area contributed by atoms with Crippen molar-refractivity contribution in [2.75, 3.05) is 25.1 Å². The van der Waals surface area contributed by atoms with Gasteiger partial charge >= 0.3 is 5.97 Å². The van der Waals surface area contributed by atoms with Crippen LogP contribution in [0.3, 0.4) is 0 Å². The monoisotopic (exact) mass is 465 g/mol. The average molecular weight is 466 g/mol. The average Bonchev–Trinajstić information content (AvgIpc) is 3.13. The molecule has 1 N–H and O–H groups in total. The third kappa shape index (κ3) is 5.61. The van der Waals surface area contributed by atoms with Gasteiger partial charge in [0.15, 0.2) is 6.61 Å². The van der Waals surface area contributed by atoms with Gasteiger partial charge in [0, 0.05) is 6.07 Å². The molecule has 34 heavy (non-hydrogen) atoms. The highest BCUT2D eigenvalue weighted by Gasteiger charge is 2.27. The Labute approximate surface area is 197 Å². The van der Waals surface area contributed by atoms with Crippen molar-refractivity contribution >= 4 is 23.3 Å². The van der Waals surface area contributed by atoms with Crippen molar-refractivity contribution in [2.24, 2.45) is 0 Å². The second kappa shape index (κ2) is 11.1. The molecule has 0 fully saturated rings. The molecule has 0 atom stereocenters. The minimum atomic E-state index is -1.14. The van der Waals surface area contributed by atoms with Gasteiger partial charge in [0.1, 0.15) is 11.5 Å². The van der Waals surface area contributed by atoms with Crippen molar-refractivity contribution in [3.05, 3.63) is 65.5 Å². The third-order valence-electron chi connectivity index (χ3n) is 4.87. The van der Waals surface area contributed by atoms with Crippen LogP contribution in [0.5, 0.6) is 11.5 Å². The summed E-state index contributed by atoms with van der Waals surface area (Å²) in [5, 5.41) is 7.00. The molecular weight excluding hydrogens is 438 g/mol. The van der Waals surface area contributed by atoms with Crippen LogP contribution < -0.4 is 14.8 Å². The van der Waals surface area contributed by atoms with Crippen molar-refractivity contribution in [1.82, 2.24) is 9.78 Å². The van der Waals surface area contributed by atoms with E-state index in [-0.39, 0.29) is 5.56 Å². The van der Waals surface area contributed by atoms with Gasteiger partial charge in [-0.15, -0.1) is 0 Å². The topological polar surface area (TPSA) is 109 Å². The van der Waals surface area contributed by atoms with E-state index in [1.165, 1.54) is 0 Å². The molecule has 0 unspecified atom stereocenters. The first-order chi connectivity index (χ1) is 16.3. The van der Waals surface area contributed by atoms with Crippen molar-refractivity contribution in [3.63, 3.8) is 0 Å². The highest BCUT2D eigenvalue weighted by Crippen LogP contribution is 2.29. The molecule has 2 aromatic carbocycles. The number of aromatic nitrogens is 2. The zero-order valence-electron chi connectivity index (χ0n) is 19.6. The van der Waals surface area contributed by atoms with E-state index in [0.717, 1.165) is 5.69 Å². The molecule has 0 saturated carbocycles. The number of para-hydroxylation sites is 1. The lowest BCUT2D eigenvalue weighted by Gasteiger charge is -2.13. The summed E-state index contributed by atoms with van der Waals surface area (Å²) < 4.78 is 17.5. The molecule has 0 aliphatic carbocycles. The molecule has 9 heteroatoms. The number of ketones is 1. The van der Waals surface area contributed by atoms with Crippen LogP contribution in [0.1, 0.15) is 35.6 Å². The van der Waals surface area contributed by atoms with E-state index in [0.29, 0.717) is 41.8 Å². The van der Waals surface area contributed by atoms with E-state index < -0.39 is 24.3 Å². The van der Waals surface area contributed by atoms with Crippen molar-refractivity contribution in [3.8, 4) is 17.2 Å². The fourth-order valence-electron chi connectivity index (χ4n) is 3.42. The van der Waals surface area contributed by atoms with E-state index in [4.69, 9.17) is 14.2 Å². The number of hydrogen-bond donors (Lipinski definition) is 1. The summed E-state index contributed by atoms with van der Waals surface area (Å²) in [7, 11) is 0. The summed E-state index contributed by atoms with van der Waals surface area (Å²) in [4.78, 5) is 37.6. The van der Waals surface area contributed by atoms with Crippen LogP contribution in [0.15, 0.2) is 48.5 Å². The van der Waals surface area contributed by atoms with Crippen LogP contribution in [0.4, 0.5) is 5.69 Å². The molecule has 3 rings (SSSR count). The maximum absolute atomic E-state index is 12.8. The van der Waals surface area contributed by atoms with Gasteiger partial charge in [-0.2, -0.15) is 5.10 Å². The fraction of sp³-hybridized carbons (Fsp3) is 0.280. The number of Topliss-reactive ketones (excluding diaryl/α,β-unsaturated/α-hetero) is 1. The molecule has 178 valence electrons. The van der Waals surface area contributed by atoms with Crippen LogP contribution in [0, 0.1) is 13.8 Å². The Balaban J connectivity index is 1.67. The number of nitrogens with zero attached hydrogens (tertiary/aromatic N) is 2. The Hall–Kier alpha value is -4.14. The van der Waals surface area contributed by atoms with E-state index in [1.54, 1.807) is 36.7 Å². The lowest BCUT2D eigenvalue weighted by Crippen LogP contribution is -2.25. The molecule has 1 aromatic heterocycles. The summed E-state index contributed by atoms with van der Waals surface area (Å²) in [5.41, 5.74) is 2.17. The SMILES string of the molecule is CCOc1ccc(OCC)c(NC(=O)COC(=O)C(=O)c2c(C)nn(-c3ccccc3)c2C)c1. The Kier molecular flexibility index (Phi) is 8.02. The van der Waals surface area contributed by atoms with Crippen molar-refractivity contribution < 1.29 is 28.6 Å². The number of carbonyl (C=O) groups excluding carboxylic acids is 3. The normalized spacial score (nSPS) is 10.5. The number of hydrogen-bond acceptors (Lipinski definition) is 7. The van der Waals surface area contributed by atoms with E-state index in [2.05, 4.69) is 10.4 Å². The zero-order chi connectivity index (χ0) is 24.7. The van der Waals surface area contributed by atoms with Crippen LogP contribution in [0.25, 0.3) is 5.69 Å². The highest BCUT2D eigenvalue weighted by molar-refractivity contribution is 6.41. The second-order valence-corrected chi connectivity index (χ2v) is 7.27. The maximum atomic E-state index is 12.8. The summed E-state index contributed by atoms with van der Waals surface area (Å²) in [6.45, 7) is 7.22. The number of ether oxygens (including phenoxy) is 3. The lowest BCUT2D eigenvalue weighted by molar-refractivity contribution is -0.142. The second-order valence-electron chi connectivity index (χ2n) is 7.27. The molecule has 1 amide bonds. The minimum Gasteiger partial charge on any atom is -0.494 e. The van der Waals surface area contributed by atoms with Gasteiger partial charge in [-0.05, 0) is 52.0 Å². The van der Waals surface area contributed by atoms with E-state index >= 15 is 0 Å². The van der Waals surface area contributed by atoms with Crippen molar-refractivity contribution in [1.29, 1.82) is 0 Å². The van der Waals surface area contributed by atoms with Gasteiger partial charge < -0.3 is 19.5 Å². The first-order valence-electron chi connectivity index (χ1n) is 10.9. The Morgan fingerprint density at radius 3 is 2.35 bits per heavy atom. The Bertz CT molecular complexity index is 1190. The minimum absolute atomic E-state index is 0.150. The molecule has 0 aliphatic rings. The lowest BCUT2D eigenvalue weighted by atomic mass is 10.1. The van der Waals surface area contributed by atoms with E-state index in [9.17, 15) is 14.4 Å². The molecule has 0 radical (unpaired) electrons. The Morgan fingerprint density at radius 1 is 0.971 bits per heavy atom. The molecule has 9 nitrogen and oxygen atoms in total. The number of esters is 1. The molecule has 0 saturated heterocycles.